The molecular weight excluding hydrogens is 318 g/mol. The molecule has 8 heteroatoms. The summed E-state index contributed by atoms with van der Waals surface area (Å²) in [7, 11) is 0. The molecule has 0 spiro atoms. The molecule has 0 bridgehead atoms. The molecule has 0 aromatic heterocycles. The van der Waals surface area contributed by atoms with E-state index in [4.69, 9.17) is 17.0 Å². The molecule has 122 valence electrons. The second kappa shape index (κ2) is 7.19. The molecule has 1 aliphatic heterocycles. The fourth-order valence-corrected chi connectivity index (χ4v) is 2.21. The van der Waals surface area contributed by atoms with Crippen LogP contribution in [0.25, 0.3) is 0 Å². The van der Waals surface area contributed by atoms with Crippen LogP contribution in [-0.4, -0.2) is 36.2 Å². The van der Waals surface area contributed by atoms with Gasteiger partial charge in [-0.2, -0.15) is 0 Å². The monoisotopic (exact) mass is 335 g/mol. The largest absolute Gasteiger partial charge is 0.442 e. The number of thiocarbonyl (C=S) groups is 1. The van der Waals surface area contributed by atoms with E-state index in [1.54, 1.807) is 13.0 Å². The number of hydrogen-bond donors (Lipinski definition) is 2. The Morgan fingerprint density at radius 2 is 2.00 bits per heavy atom. The zero-order valence-electron chi connectivity index (χ0n) is 12.8. The van der Waals surface area contributed by atoms with Crippen LogP contribution in [0.4, 0.5) is 16.2 Å². The van der Waals surface area contributed by atoms with Crippen LogP contribution in [0.5, 0.6) is 0 Å². The predicted molar refractivity (Wildman–Crippen MR) is 90.9 cm³/mol. The molecule has 1 fully saturated rings. The molecule has 1 unspecified atom stereocenters. The molecule has 2 rings (SSSR count). The van der Waals surface area contributed by atoms with Crippen LogP contribution in [0, 0.1) is 0 Å². The Hall–Kier alpha value is -2.48. The van der Waals surface area contributed by atoms with Crippen molar-refractivity contribution in [2.24, 2.45) is 0 Å². The van der Waals surface area contributed by atoms with Gasteiger partial charge in [0.15, 0.2) is 0 Å². The predicted octanol–water partition coefficient (Wildman–Crippen LogP) is 1.27. The van der Waals surface area contributed by atoms with Gasteiger partial charge in [0.2, 0.25) is 11.3 Å². The van der Waals surface area contributed by atoms with E-state index in [2.05, 4.69) is 10.6 Å². The Morgan fingerprint density at radius 1 is 1.30 bits per heavy atom. The number of carbonyl (C=O) groups is 2. The number of amides is 2. The van der Waals surface area contributed by atoms with Crippen molar-refractivity contribution in [3.8, 4) is 0 Å². The van der Waals surface area contributed by atoms with Crippen LogP contribution >= 0.6 is 12.2 Å². The summed E-state index contributed by atoms with van der Waals surface area (Å²) in [6.45, 7) is 3.85. The van der Waals surface area contributed by atoms with Crippen LogP contribution in [0.3, 0.4) is 0 Å². The molecule has 0 aliphatic carbocycles. The molecule has 23 heavy (non-hydrogen) atoms. The van der Waals surface area contributed by atoms with Crippen molar-refractivity contribution in [1.29, 1.82) is 0 Å². The maximum atomic E-state index is 12.0. The molecule has 7 nitrogen and oxygen atoms in total. The zero-order valence-corrected chi connectivity index (χ0v) is 13.6. The highest BCUT2D eigenvalue weighted by Gasteiger charge is 2.32. The summed E-state index contributed by atoms with van der Waals surface area (Å²) in [5.74, 6) is -0.336. The molecule has 1 heterocycles. The third-order valence-corrected chi connectivity index (χ3v) is 3.31. The Kier molecular flexibility index (Phi) is 5.28. The molecule has 0 saturated carbocycles. The highest BCUT2D eigenvalue weighted by molar-refractivity contribution is 7.80. The second-order valence-corrected chi connectivity index (χ2v) is 5.72. The number of rotatable bonds is 4. The Labute approximate surface area is 138 Å². The van der Waals surface area contributed by atoms with E-state index in [-0.39, 0.29) is 23.1 Å². The minimum atomic E-state index is -0.487. The van der Waals surface area contributed by atoms with Gasteiger partial charge in [-0.1, -0.05) is 12.2 Å². The summed E-state index contributed by atoms with van der Waals surface area (Å²) in [6, 6.07) is 5.89. The van der Waals surface area contributed by atoms with Gasteiger partial charge in [-0.3, -0.25) is 14.5 Å². The Balaban J connectivity index is 2.17. The number of hydrogen-bond acceptors (Lipinski definition) is 5. The molecule has 0 radical (unpaired) electrons. The first-order chi connectivity index (χ1) is 10.9. The lowest BCUT2D eigenvalue weighted by atomic mass is 10.3. The number of ether oxygens (including phenoxy) is 1. The molecular formula is C15H17N3O4S. The smallest absolute Gasteiger partial charge is 0.414 e. The van der Waals surface area contributed by atoms with Crippen LogP contribution in [0.15, 0.2) is 29.1 Å². The van der Waals surface area contributed by atoms with Crippen molar-refractivity contribution in [3.05, 3.63) is 34.5 Å². The summed E-state index contributed by atoms with van der Waals surface area (Å²) in [6.07, 6.45) is -0.814. The SMILES string of the molecule is CC(=O)Nc1ccc(N2CC(CNC(C)=S)OC2=O)ccc1=O. The third-order valence-electron chi connectivity index (χ3n) is 3.17. The number of carbonyl (C=O) groups excluding carboxylic acids is 2. The van der Waals surface area contributed by atoms with Crippen LogP contribution < -0.4 is 21.0 Å². The van der Waals surface area contributed by atoms with Crippen molar-refractivity contribution in [2.75, 3.05) is 23.3 Å². The van der Waals surface area contributed by atoms with Crippen molar-refractivity contribution in [2.45, 2.75) is 20.0 Å². The summed E-state index contributed by atoms with van der Waals surface area (Å²) < 4.78 is 5.25. The average Bonchev–Trinajstić information content (AvgIpc) is 2.74. The Morgan fingerprint density at radius 3 is 2.65 bits per heavy atom. The van der Waals surface area contributed by atoms with E-state index < -0.39 is 6.09 Å². The highest BCUT2D eigenvalue weighted by Crippen LogP contribution is 2.20. The minimum absolute atomic E-state index is 0.158. The molecule has 1 aromatic carbocycles. The highest BCUT2D eigenvalue weighted by atomic mass is 32.1. The summed E-state index contributed by atoms with van der Waals surface area (Å²) >= 11 is 4.92. The van der Waals surface area contributed by atoms with E-state index in [0.717, 1.165) is 0 Å². The second-order valence-electron chi connectivity index (χ2n) is 5.10. The van der Waals surface area contributed by atoms with Gasteiger partial charge in [0.05, 0.1) is 23.8 Å². The van der Waals surface area contributed by atoms with E-state index >= 15 is 0 Å². The van der Waals surface area contributed by atoms with Gasteiger partial charge in [0.1, 0.15) is 6.10 Å². The van der Waals surface area contributed by atoms with Gasteiger partial charge in [-0.15, -0.1) is 0 Å². The van der Waals surface area contributed by atoms with Gasteiger partial charge < -0.3 is 15.4 Å². The number of nitrogens with one attached hydrogen (secondary N) is 2. The van der Waals surface area contributed by atoms with Gasteiger partial charge in [-0.25, -0.2) is 4.79 Å². The first kappa shape index (κ1) is 16.9. The standard InChI is InChI=1S/C15H17N3O4S/c1-9(19)17-13-5-3-11(4-6-14(13)20)18-8-12(22-15(18)21)7-16-10(2)23/h3-6,12H,7-8H2,1-2H3,(H,16,23)(H,17,19,20). The quantitative estimate of drug-likeness (QED) is 0.806. The normalized spacial score (nSPS) is 16.7. The third kappa shape index (κ3) is 4.49. The minimum Gasteiger partial charge on any atom is -0.442 e. The van der Waals surface area contributed by atoms with Gasteiger partial charge in [0.25, 0.3) is 0 Å². The fraction of sp³-hybridized carbons (Fsp3) is 0.333. The topological polar surface area (TPSA) is 87.7 Å². The fourth-order valence-electron chi connectivity index (χ4n) is 2.13. The molecule has 1 atom stereocenters. The van der Waals surface area contributed by atoms with Crippen LogP contribution in [-0.2, 0) is 9.53 Å². The van der Waals surface area contributed by atoms with Crippen molar-refractivity contribution in [3.63, 3.8) is 0 Å². The summed E-state index contributed by atoms with van der Waals surface area (Å²) in [4.78, 5) is 37.0. The summed E-state index contributed by atoms with van der Waals surface area (Å²) in [5, 5.41) is 5.41. The van der Waals surface area contributed by atoms with E-state index in [1.165, 1.54) is 30.0 Å². The number of cyclic esters (lactones) is 1. The summed E-state index contributed by atoms with van der Waals surface area (Å²) in [5.41, 5.74) is 0.338. The maximum absolute atomic E-state index is 12.0. The molecule has 1 aliphatic rings. The lowest BCUT2D eigenvalue weighted by Crippen LogP contribution is -2.32. The lowest BCUT2D eigenvalue weighted by Gasteiger charge is -2.11. The van der Waals surface area contributed by atoms with E-state index in [9.17, 15) is 14.4 Å². The van der Waals surface area contributed by atoms with Gasteiger partial charge in [0, 0.05) is 12.6 Å². The van der Waals surface area contributed by atoms with E-state index in [1.807, 2.05) is 0 Å². The van der Waals surface area contributed by atoms with Gasteiger partial charge in [-0.05, 0) is 31.2 Å². The maximum Gasteiger partial charge on any atom is 0.414 e. The molecule has 1 aromatic rings. The van der Waals surface area contributed by atoms with Crippen molar-refractivity contribution >= 4 is 40.6 Å². The van der Waals surface area contributed by atoms with Crippen LogP contribution in [0.1, 0.15) is 13.8 Å². The number of nitrogens with zero attached hydrogens (tertiary/aromatic N) is 1. The average molecular weight is 335 g/mol. The lowest BCUT2D eigenvalue weighted by molar-refractivity contribution is -0.114. The first-order valence-corrected chi connectivity index (χ1v) is 7.42. The Bertz CT molecular complexity index is 707. The zero-order chi connectivity index (χ0) is 17.0. The number of anilines is 2. The van der Waals surface area contributed by atoms with Crippen LogP contribution in [0.2, 0.25) is 0 Å². The van der Waals surface area contributed by atoms with E-state index in [0.29, 0.717) is 23.8 Å². The van der Waals surface area contributed by atoms with Crippen molar-refractivity contribution < 1.29 is 14.3 Å². The van der Waals surface area contributed by atoms with Gasteiger partial charge >= 0.3 is 6.09 Å². The first-order valence-electron chi connectivity index (χ1n) is 7.01. The molecule has 2 amide bonds. The molecule has 1 saturated heterocycles. The van der Waals surface area contributed by atoms with Crippen molar-refractivity contribution in [1.82, 2.24) is 5.32 Å². The molecule has 2 N–H and O–H groups in total.